The number of hydrogen-bond donors (Lipinski definition) is 1. The number of carbonyl (C=O) groups excluding carboxylic acids is 2. The average molecular weight is 575 g/mol. The number of ketones is 1. The van der Waals surface area contributed by atoms with Crippen LogP contribution >= 0.6 is 0 Å². The number of rotatable bonds is 7. The number of aromatic nitrogens is 4. The predicted octanol–water partition coefficient (Wildman–Crippen LogP) is 5.02. The van der Waals surface area contributed by atoms with Gasteiger partial charge in [0.05, 0.1) is 29.9 Å². The molecule has 1 saturated heterocycles. The molecule has 3 heterocycles. The summed E-state index contributed by atoms with van der Waals surface area (Å²) in [6.45, 7) is 8.69. The fourth-order valence-corrected chi connectivity index (χ4v) is 5.38. The topological polar surface area (TPSA) is 111 Å². The largest absolute Gasteiger partial charge is 0.496 e. The minimum absolute atomic E-state index is 0.0620. The van der Waals surface area contributed by atoms with Gasteiger partial charge < -0.3 is 19.7 Å². The number of ether oxygens (including phenoxy) is 2. The third-order valence-corrected chi connectivity index (χ3v) is 7.09. The number of halogens is 1. The normalized spacial score (nSPS) is 15.2. The molecule has 2 aromatic carbocycles. The number of hydrogen-bond acceptors (Lipinski definition) is 8. The van der Waals surface area contributed by atoms with Gasteiger partial charge in [0.25, 0.3) is 0 Å². The zero-order valence-corrected chi connectivity index (χ0v) is 24.7. The molecule has 220 valence electrons. The number of fused-ring (bicyclic) bond motifs is 1. The maximum atomic E-state index is 14.7. The Balaban J connectivity index is 1.46. The number of aryl methyl sites for hydroxylation is 2. The molecule has 0 spiro atoms. The molecule has 0 saturated carbocycles. The van der Waals surface area contributed by atoms with Crippen molar-refractivity contribution in [3.63, 3.8) is 0 Å². The highest BCUT2D eigenvalue weighted by Crippen LogP contribution is 2.36. The summed E-state index contributed by atoms with van der Waals surface area (Å²) in [7, 11) is 3.31. The number of alkyl carbamates (subject to hydrolysis) is 1. The first-order valence-corrected chi connectivity index (χ1v) is 13.8. The first kappa shape index (κ1) is 29.0. The lowest BCUT2D eigenvalue weighted by atomic mass is 9.98. The van der Waals surface area contributed by atoms with Gasteiger partial charge in [-0.05, 0) is 63.4 Å². The summed E-state index contributed by atoms with van der Waals surface area (Å²) in [6, 6.07) is 7.86. The number of carbonyl (C=O) groups is 2. The molecule has 5 rings (SSSR count). The summed E-state index contributed by atoms with van der Waals surface area (Å²) in [6.07, 6.45) is 3.74. The van der Waals surface area contributed by atoms with Gasteiger partial charge in [-0.1, -0.05) is 12.1 Å². The number of anilines is 1. The standard InChI is InChI=1S/C31H35FN6O4/c1-18-14-19(15-24(39)23-10-12-33-29(35-23)26-22(32)8-7-9-25(26)41-6)28(21-17-37(5)36-27(18)21)38-13-11-20(16-38)34-30(40)42-31(2,3)4/h7-10,12,14,17,20H,11,13,15-16H2,1-6H3,(H,34,40)/t20-/m1/s1. The van der Waals surface area contributed by atoms with Crippen LogP contribution in [0.25, 0.3) is 22.3 Å². The number of methoxy groups -OCH3 is 1. The third-order valence-electron chi connectivity index (χ3n) is 7.09. The molecule has 1 aliphatic heterocycles. The molecule has 1 fully saturated rings. The van der Waals surface area contributed by atoms with E-state index in [-0.39, 0.29) is 41.1 Å². The highest BCUT2D eigenvalue weighted by atomic mass is 19.1. The molecule has 0 bridgehead atoms. The van der Waals surface area contributed by atoms with Crippen molar-refractivity contribution in [2.24, 2.45) is 7.05 Å². The van der Waals surface area contributed by atoms with Gasteiger partial charge in [-0.15, -0.1) is 0 Å². The van der Waals surface area contributed by atoms with Gasteiger partial charge in [0.15, 0.2) is 11.6 Å². The van der Waals surface area contributed by atoms with E-state index >= 15 is 0 Å². The third kappa shape index (κ3) is 6.05. The van der Waals surface area contributed by atoms with E-state index in [0.717, 1.165) is 34.1 Å². The summed E-state index contributed by atoms with van der Waals surface area (Å²) in [5, 5.41) is 8.55. The fraction of sp³-hybridized carbons (Fsp3) is 0.387. The minimum Gasteiger partial charge on any atom is -0.496 e. The number of amides is 1. The van der Waals surface area contributed by atoms with Crippen molar-refractivity contribution in [2.45, 2.75) is 52.2 Å². The number of nitrogens with zero attached hydrogens (tertiary/aromatic N) is 5. The van der Waals surface area contributed by atoms with Crippen LogP contribution in [-0.2, 0) is 18.2 Å². The van der Waals surface area contributed by atoms with Crippen molar-refractivity contribution in [1.29, 1.82) is 0 Å². The summed E-state index contributed by atoms with van der Waals surface area (Å²) < 4.78 is 27.2. The molecule has 1 atom stereocenters. The molecule has 0 radical (unpaired) electrons. The molecule has 11 heteroatoms. The van der Waals surface area contributed by atoms with Gasteiger partial charge in [0.2, 0.25) is 0 Å². The zero-order valence-electron chi connectivity index (χ0n) is 24.7. The van der Waals surface area contributed by atoms with Gasteiger partial charge in [-0.3, -0.25) is 9.48 Å². The van der Waals surface area contributed by atoms with Crippen molar-refractivity contribution in [3.05, 3.63) is 65.4 Å². The monoisotopic (exact) mass is 574 g/mol. The Labute approximate surface area is 243 Å². The van der Waals surface area contributed by atoms with Gasteiger partial charge in [0.1, 0.15) is 22.9 Å². The molecule has 2 aromatic heterocycles. The van der Waals surface area contributed by atoms with Gasteiger partial charge in [0, 0.05) is 44.3 Å². The smallest absolute Gasteiger partial charge is 0.407 e. The van der Waals surface area contributed by atoms with E-state index < -0.39 is 17.5 Å². The van der Waals surface area contributed by atoms with Crippen molar-refractivity contribution < 1.29 is 23.5 Å². The molecule has 1 amide bonds. The second-order valence-electron chi connectivity index (χ2n) is 11.5. The predicted molar refractivity (Wildman–Crippen MR) is 157 cm³/mol. The minimum atomic E-state index is -0.590. The van der Waals surface area contributed by atoms with Crippen LogP contribution in [0.2, 0.25) is 0 Å². The summed E-state index contributed by atoms with van der Waals surface area (Å²) in [5.41, 5.74) is 3.19. The quantitative estimate of drug-likeness (QED) is 0.307. The number of nitrogens with one attached hydrogen (secondary N) is 1. The molecule has 10 nitrogen and oxygen atoms in total. The van der Waals surface area contributed by atoms with Crippen LogP contribution in [0.1, 0.15) is 48.8 Å². The first-order chi connectivity index (χ1) is 19.9. The van der Waals surface area contributed by atoms with E-state index in [1.807, 2.05) is 47.0 Å². The van der Waals surface area contributed by atoms with Crippen LogP contribution < -0.4 is 15.0 Å². The van der Waals surface area contributed by atoms with Crippen LogP contribution in [-0.4, -0.2) is 63.5 Å². The maximum absolute atomic E-state index is 14.7. The lowest BCUT2D eigenvalue weighted by molar-refractivity contribution is 0.0509. The molecule has 1 N–H and O–H groups in total. The summed E-state index contributed by atoms with van der Waals surface area (Å²) in [5.74, 6) is -0.420. The Hall–Kier alpha value is -4.54. The van der Waals surface area contributed by atoms with E-state index in [2.05, 4.69) is 25.3 Å². The molecule has 1 aliphatic rings. The van der Waals surface area contributed by atoms with Crippen LogP contribution in [0.3, 0.4) is 0 Å². The van der Waals surface area contributed by atoms with Crippen molar-refractivity contribution in [2.75, 3.05) is 25.1 Å². The van der Waals surface area contributed by atoms with Crippen molar-refractivity contribution >= 4 is 28.5 Å². The molecular formula is C31H35FN6O4. The highest BCUT2D eigenvalue weighted by molar-refractivity contribution is 6.01. The highest BCUT2D eigenvalue weighted by Gasteiger charge is 2.30. The van der Waals surface area contributed by atoms with Gasteiger partial charge >= 0.3 is 6.09 Å². The van der Waals surface area contributed by atoms with E-state index in [4.69, 9.17) is 9.47 Å². The van der Waals surface area contributed by atoms with Crippen LogP contribution in [0.15, 0.2) is 42.7 Å². The molecule has 42 heavy (non-hydrogen) atoms. The molecule has 0 aliphatic carbocycles. The van der Waals surface area contributed by atoms with Crippen molar-refractivity contribution in [3.8, 4) is 17.1 Å². The van der Waals surface area contributed by atoms with Crippen LogP contribution in [0, 0.1) is 12.7 Å². The van der Waals surface area contributed by atoms with E-state index in [9.17, 15) is 14.0 Å². The Kier molecular flexibility index (Phi) is 7.85. The zero-order chi connectivity index (χ0) is 30.2. The van der Waals surface area contributed by atoms with Crippen LogP contribution in [0.4, 0.5) is 14.9 Å². The van der Waals surface area contributed by atoms with Crippen LogP contribution in [0.5, 0.6) is 5.75 Å². The molecule has 0 unspecified atom stereocenters. The van der Waals surface area contributed by atoms with E-state index in [1.165, 1.54) is 31.5 Å². The Morgan fingerprint density at radius 1 is 1.21 bits per heavy atom. The second-order valence-corrected chi connectivity index (χ2v) is 11.5. The Bertz CT molecular complexity index is 1660. The lowest BCUT2D eigenvalue weighted by Crippen LogP contribution is -2.40. The fourth-order valence-electron chi connectivity index (χ4n) is 5.38. The summed E-state index contributed by atoms with van der Waals surface area (Å²) >= 11 is 0. The van der Waals surface area contributed by atoms with Gasteiger partial charge in [-0.2, -0.15) is 5.10 Å². The summed E-state index contributed by atoms with van der Waals surface area (Å²) in [4.78, 5) is 36.9. The SMILES string of the molecule is COc1cccc(F)c1-c1nccc(C(=O)Cc2cc(C)c3nn(C)cc3c2N2CC[C@@H](NC(=O)OC(C)(C)C)C2)n1. The van der Waals surface area contributed by atoms with Crippen molar-refractivity contribution in [1.82, 2.24) is 25.1 Å². The molecule has 4 aromatic rings. The average Bonchev–Trinajstić information content (AvgIpc) is 3.54. The Morgan fingerprint density at radius 2 is 2.00 bits per heavy atom. The van der Waals surface area contributed by atoms with Gasteiger partial charge in [-0.25, -0.2) is 19.2 Å². The molecular weight excluding hydrogens is 539 g/mol. The first-order valence-electron chi connectivity index (χ1n) is 13.8. The van der Waals surface area contributed by atoms with E-state index in [1.54, 1.807) is 10.7 Å². The second kappa shape index (κ2) is 11.4. The number of benzene rings is 2. The maximum Gasteiger partial charge on any atom is 0.407 e. The van der Waals surface area contributed by atoms with E-state index in [0.29, 0.717) is 13.1 Å². The lowest BCUT2D eigenvalue weighted by Gasteiger charge is -2.24. The number of Topliss-reactive ketones (excluding diaryl/α,β-unsaturated/α-hetero) is 1. The Morgan fingerprint density at radius 3 is 2.74 bits per heavy atom.